The first-order chi connectivity index (χ1) is 10.7. The van der Waals surface area contributed by atoms with E-state index >= 15 is 0 Å². The molecule has 1 aliphatic rings. The first kappa shape index (κ1) is 14.1. The van der Waals surface area contributed by atoms with Crippen LogP contribution in [0.25, 0.3) is 0 Å². The molecule has 0 saturated carbocycles. The number of nitrogen functional groups attached to an aromatic ring is 1. The van der Waals surface area contributed by atoms with Gasteiger partial charge in [-0.2, -0.15) is 0 Å². The molecule has 0 fully saturated rings. The van der Waals surface area contributed by atoms with Crippen LogP contribution in [0.1, 0.15) is 11.3 Å². The van der Waals surface area contributed by atoms with Crippen molar-refractivity contribution in [2.45, 2.75) is 13.1 Å². The van der Waals surface area contributed by atoms with Gasteiger partial charge in [-0.3, -0.25) is 4.79 Å². The molecule has 0 aliphatic carbocycles. The van der Waals surface area contributed by atoms with Crippen LogP contribution in [-0.2, 0) is 17.9 Å². The molecule has 2 heterocycles. The Balaban J connectivity index is 1.59. The zero-order valence-corrected chi connectivity index (χ0v) is 12.2. The number of nitrogens with zero attached hydrogens (tertiary/aromatic N) is 3. The van der Waals surface area contributed by atoms with E-state index in [0.29, 0.717) is 24.6 Å². The van der Waals surface area contributed by atoms with Gasteiger partial charge in [0.1, 0.15) is 11.5 Å². The van der Waals surface area contributed by atoms with E-state index in [9.17, 15) is 4.79 Å². The molecule has 3 rings (SSSR count). The van der Waals surface area contributed by atoms with E-state index in [2.05, 4.69) is 9.97 Å². The third-order valence-electron chi connectivity index (χ3n) is 3.43. The van der Waals surface area contributed by atoms with Crippen molar-refractivity contribution in [1.29, 1.82) is 0 Å². The molecule has 7 nitrogen and oxygen atoms in total. The molecule has 0 spiro atoms. The largest absolute Gasteiger partial charge is 0.497 e. The summed E-state index contributed by atoms with van der Waals surface area (Å²) in [6.45, 7) is 0.877. The lowest BCUT2D eigenvalue weighted by Crippen LogP contribution is -2.30. The Hall–Kier alpha value is -2.83. The Labute approximate surface area is 127 Å². The fourth-order valence-corrected chi connectivity index (χ4v) is 2.27. The summed E-state index contributed by atoms with van der Waals surface area (Å²) in [4.78, 5) is 22.0. The number of amides is 1. The number of carbonyl (C=O) groups is 1. The van der Waals surface area contributed by atoms with Crippen molar-refractivity contribution < 1.29 is 14.3 Å². The second-order valence-electron chi connectivity index (χ2n) is 4.92. The van der Waals surface area contributed by atoms with Gasteiger partial charge < -0.3 is 20.1 Å². The van der Waals surface area contributed by atoms with E-state index in [1.165, 1.54) is 0 Å². The molecule has 114 valence electrons. The summed E-state index contributed by atoms with van der Waals surface area (Å²) >= 11 is 0. The Bertz CT molecular complexity index is 705. The van der Waals surface area contributed by atoms with E-state index in [1.54, 1.807) is 30.3 Å². The zero-order chi connectivity index (χ0) is 15.5. The van der Waals surface area contributed by atoms with Crippen molar-refractivity contribution in [2.75, 3.05) is 19.5 Å². The monoisotopic (exact) mass is 300 g/mol. The minimum absolute atomic E-state index is 0.0376. The maximum Gasteiger partial charge on any atom is 0.261 e. The highest BCUT2D eigenvalue weighted by Gasteiger charge is 2.25. The second-order valence-corrected chi connectivity index (χ2v) is 4.92. The number of fused-ring (bicyclic) bond motifs is 1. The van der Waals surface area contributed by atoms with Crippen LogP contribution in [-0.4, -0.2) is 34.5 Å². The Kier molecular flexibility index (Phi) is 3.78. The Morgan fingerprint density at radius 2 is 2.18 bits per heavy atom. The lowest BCUT2D eigenvalue weighted by Gasteiger charge is -2.15. The number of benzene rings is 1. The molecule has 2 N–H and O–H groups in total. The summed E-state index contributed by atoms with van der Waals surface area (Å²) in [7, 11) is 1.58. The van der Waals surface area contributed by atoms with Crippen molar-refractivity contribution in [2.24, 2.45) is 0 Å². The summed E-state index contributed by atoms with van der Waals surface area (Å²) in [6.07, 6.45) is 1.66. The Morgan fingerprint density at radius 1 is 1.36 bits per heavy atom. The Morgan fingerprint density at radius 3 is 3.00 bits per heavy atom. The second kappa shape index (κ2) is 5.88. The molecule has 0 saturated heterocycles. The molecule has 1 aliphatic heterocycles. The van der Waals surface area contributed by atoms with Crippen LogP contribution in [0.5, 0.6) is 11.5 Å². The SMILES string of the molecule is COc1cccc(OCC(=O)N2Cc3cnc(N)nc3C2)c1. The highest BCUT2D eigenvalue weighted by atomic mass is 16.5. The van der Waals surface area contributed by atoms with Gasteiger partial charge in [-0.05, 0) is 12.1 Å². The van der Waals surface area contributed by atoms with E-state index in [0.717, 1.165) is 11.3 Å². The van der Waals surface area contributed by atoms with Crippen molar-refractivity contribution in [3.63, 3.8) is 0 Å². The minimum atomic E-state index is -0.112. The van der Waals surface area contributed by atoms with Crippen LogP contribution in [0.15, 0.2) is 30.5 Å². The molecule has 1 amide bonds. The van der Waals surface area contributed by atoms with Crippen molar-refractivity contribution in [3.8, 4) is 11.5 Å². The fourth-order valence-electron chi connectivity index (χ4n) is 2.27. The summed E-state index contributed by atoms with van der Waals surface area (Å²) in [5.74, 6) is 1.39. The predicted octanol–water partition coefficient (Wildman–Crippen LogP) is 0.989. The van der Waals surface area contributed by atoms with Crippen molar-refractivity contribution in [1.82, 2.24) is 14.9 Å². The lowest BCUT2D eigenvalue weighted by molar-refractivity contribution is -0.134. The molecule has 22 heavy (non-hydrogen) atoms. The van der Waals surface area contributed by atoms with Crippen LogP contribution in [0.3, 0.4) is 0 Å². The van der Waals surface area contributed by atoms with Gasteiger partial charge in [0.15, 0.2) is 6.61 Å². The molecule has 0 radical (unpaired) electrons. The maximum absolute atomic E-state index is 12.2. The van der Waals surface area contributed by atoms with Gasteiger partial charge in [0.2, 0.25) is 5.95 Å². The van der Waals surface area contributed by atoms with Crippen molar-refractivity contribution >= 4 is 11.9 Å². The highest BCUT2D eigenvalue weighted by Crippen LogP contribution is 2.22. The third kappa shape index (κ3) is 2.93. The van der Waals surface area contributed by atoms with Crippen LogP contribution < -0.4 is 15.2 Å². The number of aromatic nitrogens is 2. The van der Waals surface area contributed by atoms with E-state index < -0.39 is 0 Å². The number of anilines is 1. The van der Waals surface area contributed by atoms with Gasteiger partial charge >= 0.3 is 0 Å². The smallest absolute Gasteiger partial charge is 0.261 e. The molecule has 0 atom stereocenters. The molecule has 1 aromatic carbocycles. The lowest BCUT2D eigenvalue weighted by atomic mass is 10.3. The molecule has 7 heteroatoms. The van der Waals surface area contributed by atoms with Crippen LogP contribution >= 0.6 is 0 Å². The van der Waals surface area contributed by atoms with Gasteiger partial charge in [-0.1, -0.05) is 6.07 Å². The number of hydrogen-bond acceptors (Lipinski definition) is 6. The van der Waals surface area contributed by atoms with Gasteiger partial charge in [0.05, 0.1) is 19.3 Å². The first-order valence-corrected chi connectivity index (χ1v) is 6.80. The maximum atomic E-state index is 12.2. The predicted molar refractivity (Wildman–Crippen MR) is 79.2 cm³/mol. The fraction of sp³-hybridized carbons (Fsp3) is 0.267. The molecule has 1 aromatic heterocycles. The van der Waals surface area contributed by atoms with E-state index in [1.807, 2.05) is 12.1 Å². The summed E-state index contributed by atoms with van der Waals surface area (Å²) in [5.41, 5.74) is 7.27. The van der Waals surface area contributed by atoms with Gasteiger partial charge in [0, 0.05) is 24.4 Å². The minimum Gasteiger partial charge on any atom is -0.497 e. The van der Waals surface area contributed by atoms with E-state index in [-0.39, 0.29) is 18.5 Å². The summed E-state index contributed by atoms with van der Waals surface area (Å²) in [5, 5.41) is 0. The van der Waals surface area contributed by atoms with Crippen molar-refractivity contribution in [3.05, 3.63) is 41.7 Å². The summed E-state index contributed by atoms with van der Waals surface area (Å²) < 4.78 is 10.6. The van der Waals surface area contributed by atoms with Crippen LogP contribution in [0, 0.1) is 0 Å². The molecule has 2 aromatic rings. The number of ether oxygens (including phenoxy) is 2. The number of rotatable bonds is 4. The average molecular weight is 300 g/mol. The zero-order valence-electron chi connectivity index (χ0n) is 12.2. The highest BCUT2D eigenvalue weighted by molar-refractivity contribution is 5.78. The normalized spacial score (nSPS) is 12.9. The topological polar surface area (TPSA) is 90.6 Å². The standard InChI is InChI=1S/C15H16N4O3/c1-21-11-3-2-4-12(5-11)22-9-14(20)19-7-10-6-17-15(16)18-13(10)8-19/h2-6H,7-9H2,1H3,(H2,16,17,18). The molecular formula is C15H16N4O3. The molecule has 0 unspecified atom stereocenters. The first-order valence-electron chi connectivity index (χ1n) is 6.80. The van der Waals surface area contributed by atoms with Crippen LogP contribution in [0.4, 0.5) is 5.95 Å². The van der Waals surface area contributed by atoms with Gasteiger partial charge in [0.25, 0.3) is 5.91 Å². The summed E-state index contributed by atoms with van der Waals surface area (Å²) in [6, 6.07) is 7.14. The van der Waals surface area contributed by atoms with E-state index in [4.69, 9.17) is 15.2 Å². The number of methoxy groups -OCH3 is 1. The quantitative estimate of drug-likeness (QED) is 0.905. The number of carbonyl (C=O) groups excluding carboxylic acids is 1. The van der Waals surface area contributed by atoms with Gasteiger partial charge in [-0.25, -0.2) is 9.97 Å². The van der Waals surface area contributed by atoms with Crippen LogP contribution in [0.2, 0.25) is 0 Å². The number of hydrogen-bond donors (Lipinski definition) is 1. The molecular weight excluding hydrogens is 284 g/mol. The van der Waals surface area contributed by atoms with Gasteiger partial charge in [-0.15, -0.1) is 0 Å². The number of nitrogens with two attached hydrogens (primary N) is 1. The third-order valence-corrected chi connectivity index (χ3v) is 3.43. The molecule has 0 bridgehead atoms. The average Bonchev–Trinajstić information content (AvgIpc) is 2.96.